The molecule has 0 unspecified atom stereocenters. The Morgan fingerprint density at radius 2 is 2.04 bits per heavy atom. The summed E-state index contributed by atoms with van der Waals surface area (Å²) in [5.74, 6) is 0.396. The maximum Gasteiger partial charge on any atom is 0.230 e. The lowest BCUT2D eigenvalue weighted by Crippen LogP contribution is -2.50. The molecule has 3 heterocycles. The number of nitrogens with zero attached hydrogens (tertiary/aromatic N) is 3. The Morgan fingerprint density at radius 3 is 2.83 bits per heavy atom. The summed E-state index contributed by atoms with van der Waals surface area (Å²) in [5.41, 5.74) is 1.05. The second-order valence-corrected chi connectivity index (χ2v) is 7.63. The van der Waals surface area contributed by atoms with Gasteiger partial charge in [-0.05, 0) is 50.3 Å². The molecule has 124 valence electrons. The average molecular weight is 313 g/mol. The first kappa shape index (κ1) is 15.1. The minimum Gasteiger partial charge on any atom is -0.338 e. The standard InChI is InChI=1S/C19H27N3O/c23-18-19(9-12-22(15-19)17-6-1-2-7-17)8-4-11-21(18)14-16-5-3-10-20-13-16/h3,5,10,13,17H,1-2,4,6-9,11-12,14-15H2/t19-/m1/s1. The Morgan fingerprint density at radius 1 is 1.17 bits per heavy atom. The molecule has 0 bridgehead atoms. The van der Waals surface area contributed by atoms with E-state index in [2.05, 4.69) is 20.9 Å². The first-order chi connectivity index (χ1) is 11.3. The Kier molecular flexibility index (Phi) is 4.10. The molecule has 1 saturated carbocycles. The monoisotopic (exact) mass is 313 g/mol. The van der Waals surface area contributed by atoms with Crippen LogP contribution in [0.2, 0.25) is 0 Å². The Labute approximate surface area is 138 Å². The van der Waals surface area contributed by atoms with Gasteiger partial charge in [-0.2, -0.15) is 0 Å². The molecule has 2 aliphatic heterocycles. The van der Waals surface area contributed by atoms with Crippen molar-refractivity contribution in [2.75, 3.05) is 19.6 Å². The number of carbonyl (C=O) groups excluding carboxylic acids is 1. The van der Waals surface area contributed by atoms with Crippen molar-refractivity contribution in [3.05, 3.63) is 30.1 Å². The number of hydrogen-bond donors (Lipinski definition) is 0. The van der Waals surface area contributed by atoms with Crippen LogP contribution in [0.15, 0.2) is 24.5 Å². The van der Waals surface area contributed by atoms with Gasteiger partial charge >= 0.3 is 0 Å². The van der Waals surface area contributed by atoms with Crippen LogP contribution in [0.3, 0.4) is 0 Å². The second kappa shape index (κ2) is 6.23. The van der Waals surface area contributed by atoms with Gasteiger partial charge in [0, 0.05) is 38.1 Å². The molecule has 4 rings (SSSR count). The molecular formula is C19H27N3O. The van der Waals surface area contributed by atoms with Crippen LogP contribution in [0.25, 0.3) is 0 Å². The van der Waals surface area contributed by atoms with Gasteiger partial charge in [0.15, 0.2) is 0 Å². The Hall–Kier alpha value is -1.42. The normalized spacial score (nSPS) is 29.7. The molecule has 0 N–H and O–H groups in total. The molecule has 0 aromatic carbocycles. The molecule has 4 nitrogen and oxygen atoms in total. The highest BCUT2D eigenvalue weighted by molar-refractivity contribution is 5.84. The molecular weight excluding hydrogens is 286 g/mol. The smallest absolute Gasteiger partial charge is 0.230 e. The minimum absolute atomic E-state index is 0.0942. The Bertz CT molecular complexity index is 555. The summed E-state index contributed by atoms with van der Waals surface area (Å²) in [4.78, 5) is 22.1. The fourth-order valence-corrected chi connectivity index (χ4v) is 4.88. The van der Waals surface area contributed by atoms with Crippen molar-refractivity contribution in [2.45, 2.75) is 57.5 Å². The number of likely N-dealkylation sites (tertiary alicyclic amines) is 2. The lowest BCUT2D eigenvalue weighted by molar-refractivity contribution is -0.146. The number of amides is 1. The van der Waals surface area contributed by atoms with Crippen molar-refractivity contribution in [1.29, 1.82) is 0 Å². The highest BCUT2D eigenvalue weighted by Gasteiger charge is 2.49. The first-order valence-electron chi connectivity index (χ1n) is 9.19. The third-order valence-corrected chi connectivity index (χ3v) is 6.14. The summed E-state index contributed by atoms with van der Waals surface area (Å²) in [6.07, 6.45) is 12.4. The maximum absolute atomic E-state index is 13.2. The van der Waals surface area contributed by atoms with E-state index < -0.39 is 0 Å². The number of rotatable bonds is 3. The number of carbonyl (C=O) groups is 1. The van der Waals surface area contributed by atoms with Crippen molar-refractivity contribution >= 4 is 5.91 Å². The fourth-order valence-electron chi connectivity index (χ4n) is 4.88. The largest absolute Gasteiger partial charge is 0.338 e. The van der Waals surface area contributed by atoms with Crippen LogP contribution in [0.5, 0.6) is 0 Å². The molecule has 3 fully saturated rings. The van der Waals surface area contributed by atoms with E-state index in [9.17, 15) is 4.79 Å². The minimum atomic E-state index is -0.0942. The van der Waals surface area contributed by atoms with Crippen molar-refractivity contribution in [3.63, 3.8) is 0 Å². The third kappa shape index (κ3) is 2.89. The van der Waals surface area contributed by atoms with Gasteiger partial charge in [-0.25, -0.2) is 0 Å². The van der Waals surface area contributed by atoms with E-state index >= 15 is 0 Å². The SMILES string of the molecule is O=C1N(Cc2cccnc2)CCC[C@]12CCN(C1CCCC1)C2. The third-order valence-electron chi connectivity index (χ3n) is 6.14. The molecule has 0 radical (unpaired) electrons. The summed E-state index contributed by atoms with van der Waals surface area (Å²) >= 11 is 0. The van der Waals surface area contributed by atoms with Crippen molar-refractivity contribution in [1.82, 2.24) is 14.8 Å². The summed E-state index contributed by atoms with van der Waals surface area (Å²) < 4.78 is 0. The van der Waals surface area contributed by atoms with Gasteiger partial charge in [0.2, 0.25) is 5.91 Å². The van der Waals surface area contributed by atoms with Gasteiger partial charge < -0.3 is 4.90 Å². The maximum atomic E-state index is 13.2. The Balaban J connectivity index is 1.46. The highest BCUT2D eigenvalue weighted by atomic mass is 16.2. The zero-order chi connectivity index (χ0) is 15.7. The quantitative estimate of drug-likeness (QED) is 0.861. The van der Waals surface area contributed by atoms with E-state index in [-0.39, 0.29) is 5.41 Å². The van der Waals surface area contributed by atoms with Gasteiger partial charge in [0.05, 0.1) is 5.41 Å². The van der Waals surface area contributed by atoms with Crippen molar-refractivity contribution in [3.8, 4) is 0 Å². The van der Waals surface area contributed by atoms with E-state index in [1.807, 2.05) is 12.3 Å². The predicted octanol–water partition coefficient (Wildman–Crippen LogP) is 2.84. The molecule has 1 spiro atoms. The topological polar surface area (TPSA) is 36.4 Å². The van der Waals surface area contributed by atoms with Crippen LogP contribution in [0.1, 0.15) is 50.5 Å². The molecule has 1 aromatic rings. The van der Waals surface area contributed by atoms with Crippen molar-refractivity contribution in [2.24, 2.45) is 5.41 Å². The van der Waals surface area contributed by atoms with E-state index in [0.29, 0.717) is 5.91 Å². The lowest BCUT2D eigenvalue weighted by Gasteiger charge is -2.40. The van der Waals surface area contributed by atoms with Gasteiger partial charge in [-0.15, -0.1) is 0 Å². The number of hydrogen-bond acceptors (Lipinski definition) is 3. The fraction of sp³-hybridized carbons (Fsp3) is 0.684. The van der Waals surface area contributed by atoms with Gasteiger partial charge in [-0.1, -0.05) is 18.9 Å². The van der Waals surface area contributed by atoms with Crippen LogP contribution < -0.4 is 0 Å². The lowest BCUT2D eigenvalue weighted by atomic mass is 9.78. The number of pyridine rings is 1. The zero-order valence-corrected chi connectivity index (χ0v) is 13.9. The van der Waals surface area contributed by atoms with Gasteiger partial charge in [0.25, 0.3) is 0 Å². The zero-order valence-electron chi connectivity index (χ0n) is 13.9. The van der Waals surface area contributed by atoms with Crippen LogP contribution >= 0.6 is 0 Å². The molecule has 1 amide bonds. The van der Waals surface area contributed by atoms with Gasteiger partial charge in [-0.3, -0.25) is 14.7 Å². The molecule has 4 heteroatoms. The van der Waals surface area contributed by atoms with Crippen LogP contribution in [-0.4, -0.2) is 46.4 Å². The summed E-state index contributed by atoms with van der Waals surface area (Å²) in [6, 6.07) is 4.77. The van der Waals surface area contributed by atoms with E-state index in [1.165, 1.54) is 25.7 Å². The summed E-state index contributed by atoms with van der Waals surface area (Å²) in [5, 5.41) is 0. The molecule has 23 heavy (non-hydrogen) atoms. The molecule has 1 atom stereocenters. The molecule has 2 saturated heterocycles. The highest BCUT2D eigenvalue weighted by Crippen LogP contribution is 2.42. The number of piperidine rings is 1. The number of aromatic nitrogens is 1. The first-order valence-corrected chi connectivity index (χ1v) is 9.19. The van der Waals surface area contributed by atoms with E-state index in [4.69, 9.17) is 0 Å². The van der Waals surface area contributed by atoms with Crippen LogP contribution in [-0.2, 0) is 11.3 Å². The van der Waals surface area contributed by atoms with Crippen LogP contribution in [0, 0.1) is 5.41 Å². The van der Waals surface area contributed by atoms with E-state index in [0.717, 1.165) is 57.0 Å². The average Bonchev–Trinajstić information content (AvgIpc) is 3.23. The second-order valence-electron chi connectivity index (χ2n) is 7.63. The van der Waals surface area contributed by atoms with E-state index in [1.54, 1.807) is 6.20 Å². The van der Waals surface area contributed by atoms with Crippen LogP contribution in [0.4, 0.5) is 0 Å². The van der Waals surface area contributed by atoms with Crippen molar-refractivity contribution < 1.29 is 4.79 Å². The molecule has 3 aliphatic rings. The summed E-state index contributed by atoms with van der Waals surface area (Å²) in [7, 11) is 0. The predicted molar refractivity (Wildman–Crippen MR) is 89.8 cm³/mol. The summed E-state index contributed by atoms with van der Waals surface area (Å²) in [6.45, 7) is 3.74. The molecule has 1 aliphatic carbocycles. The van der Waals surface area contributed by atoms with Gasteiger partial charge in [0.1, 0.15) is 0 Å². The molecule has 1 aromatic heterocycles.